The molecule has 2 heterocycles. The van der Waals surface area contributed by atoms with Crippen LogP contribution in [0.1, 0.15) is 25.7 Å². The number of amides is 1. The number of nitrogens with one attached hydrogen (secondary N) is 2. The van der Waals surface area contributed by atoms with E-state index in [0.29, 0.717) is 12.5 Å². The van der Waals surface area contributed by atoms with Crippen molar-refractivity contribution in [2.75, 3.05) is 13.1 Å². The SMILES string of the molecule is O=C1CCC(CNC2=NCCC2)N1. The third kappa shape index (κ3) is 2.20. The summed E-state index contributed by atoms with van der Waals surface area (Å²) in [6, 6.07) is 0.316. The minimum absolute atomic E-state index is 0.181. The van der Waals surface area contributed by atoms with E-state index in [1.807, 2.05) is 0 Å². The molecule has 0 saturated carbocycles. The molecule has 0 aromatic rings. The minimum atomic E-state index is 0.181. The molecule has 4 nitrogen and oxygen atoms in total. The molecule has 0 bridgehead atoms. The summed E-state index contributed by atoms with van der Waals surface area (Å²) in [7, 11) is 0. The molecule has 72 valence electrons. The van der Waals surface area contributed by atoms with Gasteiger partial charge in [0.15, 0.2) is 0 Å². The molecule has 2 rings (SSSR count). The summed E-state index contributed by atoms with van der Waals surface area (Å²) in [5.74, 6) is 1.29. The summed E-state index contributed by atoms with van der Waals surface area (Å²) in [6.07, 6.45) is 3.87. The molecule has 2 aliphatic heterocycles. The first-order valence-corrected chi connectivity index (χ1v) is 4.91. The van der Waals surface area contributed by atoms with Crippen LogP contribution in [-0.4, -0.2) is 30.9 Å². The van der Waals surface area contributed by atoms with Crippen molar-refractivity contribution in [2.45, 2.75) is 31.7 Å². The van der Waals surface area contributed by atoms with Crippen molar-refractivity contribution in [3.8, 4) is 0 Å². The zero-order chi connectivity index (χ0) is 9.10. The number of aliphatic imine (C=N–C) groups is 1. The van der Waals surface area contributed by atoms with Gasteiger partial charge in [0.25, 0.3) is 0 Å². The van der Waals surface area contributed by atoms with Gasteiger partial charge in [0.05, 0.1) is 5.84 Å². The fourth-order valence-electron chi connectivity index (χ4n) is 1.76. The first kappa shape index (κ1) is 8.53. The summed E-state index contributed by atoms with van der Waals surface area (Å²) < 4.78 is 0. The summed E-state index contributed by atoms with van der Waals surface area (Å²) in [6.45, 7) is 1.80. The highest BCUT2D eigenvalue weighted by Crippen LogP contribution is 2.06. The van der Waals surface area contributed by atoms with Gasteiger partial charge in [-0.1, -0.05) is 0 Å². The third-order valence-electron chi connectivity index (χ3n) is 2.51. The number of rotatable bonds is 2. The largest absolute Gasteiger partial charge is 0.372 e. The molecule has 0 aliphatic carbocycles. The average Bonchev–Trinajstić information content (AvgIpc) is 2.71. The van der Waals surface area contributed by atoms with E-state index in [-0.39, 0.29) is 5.91 Å². The van der Waals surface area contributed by atoms with Crippen molar-refractivity contribution in [3.63, 3.8) is 0 Å². The highest BCUT2D eigenvalue weighted by atomic mass is 16.1. The number of hydrogen-bond donors (Lipinski definition) is 2. The van der Waals surface area contributed by atoms with Gasteiger partial charge in [0.2, 0.25) is 5.91 Å². The Morgan fingerprint density at radius 2 is 2.46 bits per heavy atom. The molecule has 4 heteroatoms. The maximum absolute atomic E-state index is 10.9. The molecule has 0 spiro atoms. The standard InChI is InChI=1S/C9H15N3O/c13-9-4-3-7(12-9)6-11-8-2-1-5-10-8/h7H,1-6H2,(H,10,11)(H,12,13). The van der Waals surface area contributed by atoms with Crippen LogP contribution in [0, 0.1) is 0 Å². The molecular formula is C9H15N3O. The summed E-state index contributed by atoms with van der Waals surface area (Å²) in [5.41, 5.74) is 0. The lowest BCUT2D eigenvalue weighted by Gasteiger charge is -2.11. The summed E-state index contributed by atoms with van der Waals surface area (Å²) >= 11 is 0. The fraction of sp³-hybridized carbons (Fsp3) is 0.778. The highest BCUT2D eigenvalue weighted by molar-refractivity contribution is 5.83. The van der Waals surface area contributed by atoms with Crippen LogP contribution in [0.3, 0.4) is 0 Å². The molecule has 1 unspecified atom stereocenters. The average molecular weight is 181 g/mol. The molecule has 2 aliphatic rings. The third-order valence-corrected chi connectivity index (χ3v) is 2.51. The van der Waals surface area contributed by atoms with Crippen molar-refractivity contribution < 1.29 is 4.79 Å². The van der Waals surface area contributed by atoms with Gasteiger partial charge in [-0.15, -0.1) is 0 Å². The first-order valence-electron chi connectivity index (χ1n) is 4.91. The molecule has 2 N–H and O–H groups in total. The second kappa shape index (κ2) is 3.77. The van der Waals surface area contributed by atoms with Crippen molar-refractivity contribution in [1.82, 2.24) is 10.6 Å². The van der Waals surface area contributed by atoms with Crippen molar-refractivity contribution >= 4 is 11.7 Å². The Hall–Kier alpha value is -1.06. The molecule has 0 aromatic heterocycles. The van der Waals surface area contributed by atoms with Gasteiger partial charge in [-0.05, 0) is 12.8 Å². The van der Waals surface area contributed by atoms with E-state index in [1.54, 1.807) is 0 Å². The van der Waals surface area contributed by atoms with Gasteiger partial charge in [-0.25, -0.2) is 0 Å². The summed E-state index contributed by atoms with van der Waals surface area (Å²) in [4.78, 5) is 15.2. The van der Waals surface area contributed by atoms with Crippen LogP contribution in [0.25, 0.3) is 0 Å². The van der Waals surface area contributed by atoms with E-state index in [1.165, 1.54) is 6.42 Å². The number of carbonyl (C=O) groups excluding carboxylic acids is 1. The lowest BCUT2D eigenvalue weighted by molar-refractivity contribution is -0.119. The van der Waals surface area contributed by atoms with Crippen molar-refractivity contribution in [1.29, 1.82) is 0 Å². The molecular weight excluding hydrogens is 166 g/mol. The molecule has 1 amide bonds. The molecule has 0 aromatic carbocycles. The Morgan fingerprint density at radius 1 is 1.54 bits per heavy atom. The van der Waals surface area contributed by atoms with Crippen LogP contribution in [0.4, 0.5) is 0 Å². The molecule has 1 fully saturated rings. The van der Waals surface area contributed by atoms with E-state index >= 15 is 0 Å². The lowest BCUT2D eigenvalue weighted by atomic mass is 10.2. The van der Waals surface area contributed by atoms with Gasteiger partial charge >= 0.3 is 0 Å². The van der Waals surface area contributed by atoms with E-state index in [4.69, 9.17) is 0 Å². The maximum Gasteiger partial charge on any atom is 0.220 e. The van der Waals surface area contributed by atoms with Gasteiger partial charge in [0.1, 0.15) is 0 Å². The topological polar surface area (TPSA) is 53.5 Å². The van der Waals surface area contributed by atoms with Crippen LogP contribution >= 0.6 is 0 Å². The Bertz CT molecular complexity index is 237. The quantitative estimate of drug-likeness (QED) is 0.632. The Morgan fingerprint density at radius 3 is 3.08 bits per heavy atom. The van der Waals surface area contributed by atoms with E-state index < -0.39 is 0 Å². The van der Waals surface area contributed by atoms with E-state index in [9.17, 15) is 4.79 Å². The van der Waals surface area contributed by atoms with Crippen LogP contribution in [-0.2, 0) is 4.79 Å². The Balaban J connectivity index is 1.70. The number of carbonyl (C=O) groups is 1. The van der Waals surface area contributed by atoms with Gasteiger partial charge in [0, 0.05) is 32.0 Å². The Labute approximate surface area is 77.8 Å². The van der Waals surface area contributed by atoms with Gasteiger partial charge < -0.3 is 10.6 Å². The van der Waals surface area contributed by atoms with Crippen molar-refractivity contribution in [2.24, 2.45) is 4.99 Å². The molecule has 1 atom stereocenters. The van der Waals surface area contributed by atoms with Crippen LogP contribution in [0.15, 0.2) is 4.99 Å². The Kier molecular flexibility index (Phi) is 2.47. The second-order valence-electron chi connectivity index (χ2n) is 3.62. The van der Waals surface area contributed by atoms with Gasteiger partial charge in [-0.2, -0.15) is 0 Å². The molecule has 0 radical (unpaired) electrons. The van der Waals surface area contributed by atoms with Crippen LogP contribution < -0.4 is 10.6 Å². The van der Waals surface area contributed by atoms with E-state index in [0.717, 1.165) is 31.8 Å². The second-order valence-corrected chi connectivity index (χ2v) is 3.62. The number of nitrogens with zero attached hydrogens (tertiary/aromatic N) is 1. The number of amidine groups is 1. The smallest absolute Gasteiger partial charge is 0.220 e. The fourth-order valence-corrected chi connectivity index (χ4v) is 1.76. The predicted octanol–water partition coefficient (Wildman–Crippen LogP) is 0.0469. The maximum atomic E-state index is 10.9. The highest BCUT2D eigenvalue weighted by Gasteiger charge is 2.20. The van der Waals surface area contributed by atoms with Crippen LogP contribution in [0.2, 0.25) is 0 Å². The minimum Gasteiger partial charge on any atom is -0.372 e. The molecule has 13 heavy (non-hydrogen) atoms. The summed E-state index contributed by atoms with van der Waals surface area (Å²) in [5, 5.41) is 6.20. The van der Waals surface area contributed by atoms with Gasteiger partial charge in [-0.3, -0.25) is 9.79 Å². The number of hydrogen-bond acceptors (Lipinski definition) is 3. The zero-order valence-corrected chi connectivity index (χ0v) is 7.68. The van der Waals surface area contributed by atoms with Crippen LogP contribution in [0.5, 0.6) is 0 Å². The van der Waals surface area contributed by atoms with E-state index in [2.05, 4.69) is 15.6 Å². The normalized spacial score (nSPS) is 27.2. The molecule has 1 saturated heterocycles. The lowest BCUT2D eigenvalue weighted by Crippen LogP contribution is -2.37. The van der Waals surface area contributed by atoms with Crippen molar-refractivity contribution in [3.05, 3.63) is 0 Å². The monoisotopic (exact) mass is 181 g/mol. The zero-order valence-electron chi connectivity index (χ0n) is 7.68. The predicted molar refractivity (Wildman–Crippen MR) is 50.7 cm³/mol. The first-order chi connectivity index (χ1) is 6.34.